The lowest BCUT2D eigenvalue weighted by molar-refractivity contribution is -0.118. The fraction of sp³-hybridized carbons (Fsp3) is 0.286. The quantitative estimate of drug-likeness (QED) is 0.188. The molecule has 43 heavy (non-hydrogen) atoms. The van der Waals surface area contributed by atoms with E-state index in [2.05, 4.69) is 45.9 Å². The Balaban J connectivity index is 1.34. The van der Waals surface area contributed by atoms with Gasteiger partial charge in [0.05, 0.1) is 5.56 Å². The molecule has 0 spiro atoms. The van der Waals surface area contributed by atoms with Gasteiger partial charge >= 0.3 is 0 Å². The summed E-state index contributed by atoms with van der Waals surface area (Å²) in [5, 5.41) is 16.3. The molecule has 0 saturated carbocycles. The van der Waals surface area contributed by atoms with Gasteiger partial charge in [0.25, 0.3) is 0 Å². The number of anilines is 2. The molecular weight excluding hydrogens is 573 g/mol. The first-order valence-electron chi connectivity index (χ1n) is 14.4. The van der Waals surface area contributed by atoms with Crippen LogP contribution in [0, 0.1) is 16.7 Å². The number of carbonyl (C=O) groups is 2. The highest BCUT2D eigenvalue weighted by Crippen LogP contribution is 2.41. The number of thioether (sulfide) groups is 1. The summed E-state index contributed by atoms with van der Waals surface area (Å²) in [4.78, 5) is 30.8. The van der Waals surface area contributed by atoms with Crippen LogP contribution in [0.1, 0.15) is 59.6 Å². The third-order valence-corrected chi connectivity index (χ3v) is 9.52. The van der Waals surface area contributed by atoms with Crippen molar-refractivity contribution in [2.75, 3.05) is 17.2 Å². The molecule has 1 unspecified atom stereocenters. The number of hydrogen-bond donors (Lipinski definition) is 2. The molecule has 0 bridgehead atoms. The number of nitrogens with one attached hydrogen (secondary N) is 2. The number of hydrogen-bond acceptors (Lipinski definition) is 6. The largest absolute Gasteiger partial charge is 0.326 e. The molecule has 220 valence electrons. The molecule has 0 radical (unpaired) electrons. The highest BCUT2D eigenvalue weighted by molar-refractivity contribution is 8.00. The number of carbonyl (C=O) groups excluding carboxylic acids is 2. The zero-order valence-corrected chi connectivity index (χ0v) is 26.4. The molecule has 8 heteroatoms. The average Bonchev–Trinajstić information content (AvgIpc) is 3.32. The maximum absolute atomic E-state index is 13.9. The molecule has 2 amide bonds. The molecule has 5 rings (SSSR count). The van der Waals surface area contributed by atoms with Crippen molar-refractivity contribution in [3.63, 3.8) is 0 Å². The highest BCUT2D eigenvalue weighted by atomic mass is 32.2. The zero-order chi connectivity index (χ0) is 30.4. The third kappa shape index (κ3) is 8.14. The lowest BCUT2D eigenvalue weighted by Gasteiger charge is -2.26. The fourth-order valence-corrected chi connectivity index (χ4v) is 7.51. The molecule has 2 N–H and O–H groups in total. The van der Waals surface area contributed by atoms with Gasteiger partial charge in [-0.25, -0.2) is 0 Å². The molecule has 0 aliphatic carbocycles. The molecule has 1 aromatic heterocycles. The minimum Gasteiger partial charge on any atom is -0.326 e. The van der Waals surface area contributed by atoms with Crippen LogP contribution in [0.15, 0.2) is 89.8 Å². The zero-order valence-electron chi connectivity index (χ0n) is 24.7. The summed E-state index contributed by atoms with van der Waals surface area (Å²) in [7, 11) is 0. The summed E-state index contributed by atoms with van der Waals surface area (Å²) in [5.41, 5.74) is 4.33. The molecule has 6 nitrogen and oxygen atoms in total. The van der Waals surface area contributed by atoms with Crippen LogP contribution in [0.5, 0.6) is 0 Å². The Kier molecular flexibility index (Phi) is 9.66. The summed E-state index contributed by atoms with van der Waals surface area (Å²) >= 11 is 2.93. The van der Waals surface area contributed by atoms with Crippen molar-refractivity contribution in [1.29, 1.82) is 5.26 Å². The van der Waals surface area contributed by atoms with Crippen LogP contribution in [0.2, 0.25) is 0 Å². The van der Waals surface area contributed by atoms with E-state index in [1.54, 1.807) is 0 Å². The van der Waals surface area contributed by atoms with Crippen molar-refractivity contribution in [3.05, 3.63) is 112 Å². The van der Waals surface area contributed by atoms with Gasteiger partial charge < -0.3 is 10.6 Å². The first-order chi connectivity index (χ1) is 20.7. The maximum atomic E-state index is 13.9. The monoisotopic (exact) mass is 608 g/mol. The van der Waals surface area contributed by atoms with Gasteiger partial charge in [0.15, 0.2) is 0 Å². The number of fused-ring (bicyclic) bond motifs is 1. The van der Waals surface area contributed by atoms with Crippen LogP contribution in [-0.4, -0.2) is 23.3 Å². The second-order valence-electron chi connectivity index (χ2n) is 12.0. The Labute approximate surface area is 262 Å². The average molecular weight is 609 g/mol. The van der Waals surface area contributed by atoms with Gasteiger partial charge in [-0.3, -0.25) is 14.5 Å². The van der Waals surface area contributed by atoms with Crippen LogP contribution in [0.3, 0.4) is 0 Å². The van der Waals surface area contributed by atoms with Crippen molar-refractivity contribution in [3.8, 4) is 6.07 Å². The van der Waals surface area contributed by atoms with Crippen molar-refractivity contribution >= 4 is 45.6 Å². The predicted octanol–water partition coefficient (Wildman–Crippen LogP) is 8.02. The van der Waals surface area contributed by atoms with Gasteiger partial charge in [-0.15, -0.1) is 23.1 Å². The van der Waals surface area contributed by atoms with Crippen molar-refractivity contribution in [1.82, 2.24) is 4.90 Å². The number of amides is 2. The second-order valence-corrected chi connectivity index (χ2v) is 14.3. The smallest absolute Gasteiger partial charge is 0.243 e. The standard InChI is InChI=1S/C35H36N4O2S2/c1-35(2,3)20-31(40)37-26-15-10-16-27(19-26)42-32(25-13-8-5-9-14-25)33(41)38-34-29(21-36)28-17-18-39(23-30(28)43-34)22-24-11-6-4-7-12-24/h4-16,19,32H,17-18,20,22-23H2,1-3H3,(H,37,40)(H,38,41). The van der Waals surface area contributed by atoms with E-state index in [4.69, 9.17) is 0 Å². The lowest BCUT2D eigenvalue weighted by atomic mass is 9.92. The maximum Gasteiger partial charge on any atom is 0.243 e. The van der Waals surface area contributed by atoms with Gasteiger partial charge in [-0.05, 0) is 46.7 Å². The van der Waals surface area contributed by atoms with Crippen molar-refractivity contribution in [2.45, 2.75) is 56.8 Å². The first kappa shape index (κ1) is 30.6. The Morgan fingerprint density at radius 1 is 1.00 bits per heavy atom. The summed E-state index contributed by atoms with van der Waals surface area (Å²) in [5.74, 6) is -0.227. The second kappa shape index (κ2) is 13.6. The Bertz CT molecular complexity index is 1620. The van der Waals surface area contributed by atoms with Gasteiger partial charge in [0.1, 0.15) is 16.3 Å². The highest BCUT2D eigenvalue weighted by Gasteiger charge is 2.28. The molecule has 3 aromatic carbocycles. The topological polar surface area (TPSA) is 85.2 Å². The van der Waals surface area contributed by atoms with E-state index in [0.717, 1.165) is 47.0 Å². The van der Waals surface area contributed by atoms with E-state index in [0.29, 0.717) is 22.7 Å². The summed E-state index contributed by atoms with van der Waals surface area (Å²) < 4.78 is 0. The van der Waals surface area contributed by atoms with Gasteiger partial charge in [0.2, 0.25) is 11.8 Å². The molecule has 1 atom stereocenters. The van der Waals surface area contributed by atoms with Crippen molar-refractivity contribution in [2.24, 2.45) is 5.41 Å². The van der Waals surface area contributed by atoms with E-state index >= 15 is 0 Å². The van der Waals surface area contributed by atoms with Crippen LogP contribution < -0.4 is 10.6 Å². The molecular formula is C35H36N4O2S2. The molecule has 0 saturated heterocycles. The fourth-order valence-electron chi connectivity index (χ4n) is 5.19. The summed E-state index contributed by atoms with van der Waals surface area (Å²) in [6, 6.07) is 30.0. The number of nitrogens with zero attached hydrogens (tertiary/aromatic N) is 2. The van der Waals surface area contributed by atoms with E-state index < -0.39 is 5.25 Å². The lowest BCUT2D eigenvalue weighted by Crippen LogP contribution is -2.29. The molecule has 1 aliphatic rings. The summed E-state index contributed by atoms with van der Waals surface area (Å²) in [6.07, 6.45) is 1.19. The van der Waals surface area contributed by atoms with Gasteiger partial charge in [-0.1, -0.05) is 87.5 Å². The van der Waals surface area contributed by atoms with E-state index in [1.807, 2.05) is 81.4 Å². The van der Waals surface area contributed by atoms with Crippen LogP contribution in [0.25, 0.3) is 0 Å². The first-order valence-corrected chi connectivity index (χ1v) is 16.1. The Morgan fingerprint density at radius 2 is 1.72 bits per heavy atom. The number of rotatable bonds is 9. The molecule has 2 heterocycles. The van der Waals surface area contributed by atoms with E-state index in [-0.39, 0.29) is 17.2 Å². The van der Waals surface area contributed by atoms with E-state index in [9.17, 15) is 14.9 Å². The minimum absolute atomic E-state index is 0.0416. The Hall–Kier alpha value is -3.90. The summed E-state index contributed by atoms with van der Waals surface area (Å²) in [6.45, 7) is 8.57. The molecule has 4 aromatic rings. The van der Waals surface area contributed by atoms with Gasteiger partial charge in [-0.2, -0.15) is 5.26 Å². The third-order valence-electron chi connectivity index (χ3n) is 7.14. The van der Waals surface area contributed by atoms with Gasteiger partial charge in [0, 0.05) is 41.5 Å². The van der Waals surface area contributed by atoms with Crippen LogP contribution in [0.4, 0.5) is 10.7 Å². The number of benzene rings is 3. The van der Waals surface area contributed by atoms with Crippen LogP contribution >= 0.6 is 23.1 Å². The van der Waals surface area contributed by atoms with Crippen LogP contribution in [-0.2, 0) is 29.1 Å². The number of thiophene rings is 1. The normalized spacial score (nSPS) is 13.9. The SMILES string of the molecule is CC(C)(C)CC(=O)Nc1cccc(SC(C(=O)Nc2sc3c(c2C#N)CCN(Cc2ccccc2)C3)c2ccccc2)c1. The molecule has 0 fully saturated rings. The number of nitriles is 1. The minimum atomic E-state index is -0.554. The van der Waals surface area contributed by atoms with E-state index in [1.165, 1.54) is 28.7 Å². The predicted molar refractivity (Wildman–Crippen MR) is 176 cm³/mol. The van der Waals surface area contributed by atoms with Crippen molar-refractivity contribution < 1.29 is 9.59 Å². The Morgan fingerprint density at radius 3 is 2.42 bits per heavy atom. The molecule has 1 aliphatic heterocycles.